The van der Waals surface area contributed by atoms with Crippen molar-refractivity contribution in [3.63, 3.8) is 0 Å². The standard InChI is InChI=1S/C12H14BrNO4S/c1-8(5-12(15)18-2)19-7-9-3-4-10(13)6-11(9)14(16)17/h3-4,6,8H,5,7H2,1-2H3. The Kier molecular flexibility index (Phi) is 6.30. The molecule has 1 atom stereocenters. The van der Waals surface area contributed by atoms with Crippen molar-refractivity contribution in [2.75, 3.05) is 7.11 Å². The average molecular weight is 348 g/mol. The molecule has 0 saturated carbocycles. The maximum atomic E-state index is 11.1. The normalized spacial score (nSPS) is 11.9. The van der Waals surface area contributed by atoms with E-state index < -0.39 is 4.92 Å². The van der Waals surface area contributed by atoms with Crippen molar-refractivity contribution in [3.05, 3.63) is 38.3 Å². The summed E-state index contributed by atoms with van der Waals surface area (Å²) in [5.74, 6) is 0.215. The number of halogens is 1. The molecule has 0 heterocycles. The molecule has 0 saturated heterocycles. The highest BCUT2D eigenvalue weighted by atomic mass is 79.9. The lowest BCUT2D eigenvalue weighted by Gasteiger charge is -2.10. The second kappa shape index (κ2) is 7.49. The Morgan fingerprint density at radius 1 is 1.58 bits per heavy atom. The second-order valence-corrected chi connectivity index (χ2v) is 6.27. The minimum Gasteiger partial charge on any atom is -0.469 e. The van der Waals surface area contributed by atoms with Crippen molar-refractivity contribution in [1.29, 1.82) is 0 Å². The second-order valence-electron chi connectivity index (χ2n) is 3.93. The molecule has 1 aromatic rings. The molecule has 0 N–H and O–H groups in total. The molecule has 19 heavy (non-hydrogen) atoms. The van der Waals surface area contributed by atoms with E-state index >= 15 is 0 Å². The van der Waals surface area contributed by atoms with Gasteiger partial charge in [-0.15, -0.1) is 0 Å². The van der Waals surface area contributed by atoms with Crippen molar-refractivity contribution < 1.29 is 14.5 Å². The van der Waals surface area contributed by atoms with Gasteiger partial charge >= 0.3 is 5.97 Å². The van der Waals surface area contributed by atoms with E-state index in [1.165, 1.54) is 24.9 Å². The fraction of sp³-hybridized carbons (Fsp3) is 0.417. The minimum atomic E-state index is -0.397. The van der Waals surface area contributed by atoms with Gasteiger partial charge in [0.1, 0.15) is 0 Å². The number of hydrogen-bond donors (Lipinski definition) is 0. The van der Waals surface area contributed by atoms with Crippen molar-refractivity contribution >= 4 is 39.3 Å². The first-order valence-electron chi connectivity index (χ1n) is 5.55. The van der Waals surface area contributed by atoms with Crippen LogP contribution in [0.25, 0.3) is 0 Å². The highest BCUT2D eigenvalue weighted by molar-refractivity contribution is 9.10. The van der Waals surface area contributed by atoms with Crippen LogP contribution in [-0.4, -0.2) is 23.3 Å². The molecule has 0 aromatic heterocycles. The number of carbonyl (C=O) groups is 1. The van der Waals surface area contributed by atoms with Crippen LogP contribution in [0.15, 0.2) is 22.7 Å². The van der Waals surface area contributed by atoms with Gasteiger partial charge < -0.3 is 4.74 Å². The summed E-state index contributed by atoms with van der Waals surface area (Å²) in [6.45, 7) is 1.90. The number of carbonyl (C=O) groups excluding carboxylic acids is 1. The number of nitrogens with zero attached hydrogens (tertiary/aromatic N) is 1. The lowest BCUT2D eigenvalue weighted by Crippen LogP contribution is -2.09. The molecule has 0 spiro atoms. The molecule has 0 radical (unpaired) electrons. The summed E-state index contributed by atoms with van der Waals surface area (Å²) < 4.78 is 5.26. The first-order valence-corrected chi connectivity index (χ1v) is 7.39. The van der Waals surface area contributed by atoms with Gasteiger partial charge in [0.2, 0.25) is 0 Å². The molecule has 0 aliphatic carbocycles. The van der Waals surface area contributed by atoms with E-state index in [2.05, 4.69) is 20.7 Å². The van der Waals surface area contributed by atoms with E-state index in [-0.39, 0.29) is 16.9 Å². The van der Waals surface area contributed by atoms with E-state index in [1.54, 1.807) is 12.1 Å². The molecule has 0 aliphatic heterocycles. The van der Waals surface area contributed by atoms with E-state index in [9.17, 15) is 14.9 Å². The molecule has 1 unspecified atom stereocenters. The van der Waals surface area contributed by atoms with Gasteiger partial charge in [-0.05, 0) is 6.07 Å². The van der Waals surface area contributed by atoms with Crippen LogP contribution in [0, 0.1) is 10.1 Å². The smallest absolute Gasteiger partial charge is 0.306 e. The fourth-order valence-corrected chi connectivity index (χ4v) is 2.75. The minimum absolute atomic E-state index is 0.0516. The molecular formula is C12H14BrNO4S. The van der Waals surface area contributed by atoms with Gasteiger partial charge in [0, 0.05) is 27.1 Å². The van der Waals surface area contributed by atoms with E-state index in [0.717, 1.165) is 0 Å². The first-order chi connectivity index (χ1) is 8.93. The zero-order valence-corrected chi connectivity index (χ0v) is 13.0. The maximum Gasteiger partial charge on any atom is 0.306 e. The van der Waals surface area contributed by atoms with Gasteiger partial charge in [-0.1, -0.05) is 28.9 Å². The largest absolute Gasteiger partial charge is 0.469 e. The van der Waals surface area contributed by atoms with Crippen LogP contribution in [-0.2, 0) is 15.3 Å². The van der Waals surface area contributed by atoms with Gasteiger partial charge in [-0.3, -0.25) is 14.9 Å². The number of hydrogen-bond acceptors (Lipinski definition) is 5. The van der Waals surface area contributed by atoms with Gasteiger partial charge in [0.05, 0.1) is 18.5 Å². The van der Waals surface area contributed by atoms with Crippen molar-refractivity contribution in [3.8, 4) is 0 Å². The Morgan fingerprint density at radius 3 is 2.84 bits per heavy atom. The van der Waals surface area contributed by atoms with Crippen molar-refractivity contribution in [2.45, 2.75) is 24.3 Å². The van der Waals surface area contributed by atoms with E-state index in [0.29, 0.717) is 22.2 Å². The topological polar surface area (TPSA) is 69.4 Å². The van der Waals surface area contributed by atoms with Crippen LogP contribution in [0.2, 0.25) is 0 Å². The summed E-state index contributed by atoms with van der Waals surface area (Å²) in [5, 5.41) is 11.0. The van der Waals surface area contributed by atoms with Crippen LogP contribution in [0.3, 0.4) is 0 Å². The highest BCUT2D eigenvalue weighted by Gasteiger charge is 2.16. The quantitative estimate of drug-likeness (QED) is 0.447. The SMILES string of the molecule is COC(=O)CC(C)SCc1ccc(Br)cc1[N+](=O)[O-]. The molecule has 0 bridgehead atoms. The number of esters is 1. The van der Waals surface area contributed by atoms with Crippen LogP contribution in [0.1, 0.15) is 18.9 Å². The zero-order valence-electron chi connectivity index (χ0n) is 10.6. The number of methoxy groups -OCH3 is 1. The molecule has 7 heteroatoms. The van der Waals surface area contributed by atoms with Gasteiger partial charge in [0.15, 0.2) is 0 Å². The predicted molar refractivity (Wildman–Crippen MR) is 78.2 cm³/mol. The summed E-state index contributed by atoms with van der Waals surface area (Å²) in [6.07, 6.45) is 0.297. The van der Waals surface area contributed by atoms with E-state index in [4.69, 9.17) is 0 Å². The lowest BCUT2D eigenvalue weighted by atomic mass is 10.2. The number of benzene rings is 1. The Balaban J connectivity index is 2.67. The summed E-state index contributed by atoms with van der Waals surface area (Å²) in [7, 11) is 1.35. The molecular weight excluding hydrogens is 334 g/mol. The summed E-state index contributed by atoms with van der Waals surface area (Å²) in [4.78, 5) is 21.7. The third kappa shape index (κ3) is 5.20. The third-order valence-electron chi connectivity index (χ3n) is 2.45. The van der Waals surface area contributed by atoms with Crippen molar-refractivity contribution in [1.82, 2.24) is 0 Å². The number of thioether (sulfide) groups is 1. The first kappa shape index (κ1) is 16.0. The number of nitro benzene ring substituents is 1. The number of nitro groups is 1. The predicted octanol–water partition coefficient (Wildman–Crippen LogP) is 3.54. The van der Waals surface area contributed by atoms with Gasteiger partial charge in [-0.2, -0.15) is 11.8 Å². The lowest BCUT2D eigenvalue weighted by molar-refractivity contribution is -0.385. The highest BCUT2D eigenvalue weighted by Crippen LogP contribution is 2.29. The van der Waals surface area contributed by atoms with Gasteiger partial charge in [-0.25, -0.2) is 0 Å². The Labute approximate surface area is 124 Å². The molecule has 104 valence electrons. The average Bonchev–Trinajstić information content (AvgIpc) is 2.36. The van der Waals surface area contributed by atoms with E-state index in [1.807, 2.05) is 6.92 Å². The zero-order chi connectivity index (χ0) is 14.4. The summed E-state index contributed by atoms with van der Waals surface area (Å²) in [6, 6.07) is 4.98. The van der Waals surface area contributed by atoms with Crippen LogP contribution in [0.4, 0.5) is 5.69 Å². The summed E-state index contributed by atoms with van der Waals surface area (Å²) >= 11 is 4.70. The Hall–Kier alpha value is -1.08. The Bertz CT molecular complexity index is 481. The third-order valence-corrected chi connectivity index (χ3v) is 4.16. The maximum absolute atomic E-state index is 11.1. The van der Waals surface area contributed by atoms with Gasteiger partial charge in [0.25, 0.3) is 5.69 Å². The molecule has 0 aliphatic rings. The molecule has 5 nitrogen and oxygen atoms in total. The molecule has 0 amide bonds. The number of rotatable bonds is 6. The van der Waals surface area contributed by atoms with Crippen LogP contribution in [0.5, 0.6) is 0 Å². The fourth-order valence-electron chi connectivity index (χ4n) is 1.44. The summed E-state index contributed by atoms with van der Waals surface area (Å²) in [5.41, 5.74) is 0.738. The number of ether oxygens (including phenoxy) is 1. The Morgan fingerprint density at radius 2 is 2.26 bits per heavy atom. The molecule has 1 aromatic carbocycles. The van der Waals surface area contributed by atoms with Crippen LogP contribution < -0.4 is 0 Å². The molecule has 0 fully saturated rings. The monoisotopic (exact) mass is 347 g/mol. The molecule has 1 rings (SSSR count). The van der Waals surface area contributed by atoms with Crippen molar-refractivity contribution in [2.24, 2.45) is 0 Å². The van der Waals surface area contributed by atoms with Crippen LogP contribution >= 0.6 is 27.7 Å².